The fraction of sp³-hybridized carbons (Fsp3) is 0.583. The van der Waals surface area contributed by atoms with Crippen molar-refractivity contribution >= 4 is 10.2 Å². The highest BCUT2D eigenvalue weighted by atomic mass is 32.2. The van der Waals surface area contributed by atoms with E-state index in [1.807, 2.05) is 26.0 Å². The fourth-order valence-corrected chi connectivity index (χ4v) is 3.96. The van der Waals surface area contributed by atoms with Gasteiger partial charge in [0.2, 0.25) is 0 Å². The highest BCUT2D eigenvalue weighted by Crippen LogP contribution is 2.33. The molecule has 1 atom stereocenters. The number of rotatable bonds is 4. The molecule has 100 valence electrons. The molecule has 1 aliphatic rings. The van der Waals surface area contributed by atoms with E-state index in [1.165, 1.54) is 0 Å². The van der Waals surface area contributed by atoms with Gasteiger partial charge in [-0.3, -0.25) is 4.98 Å². The van der Waals surface area contributed by atoms with E-state index in [1.54, 1.807) is 16.7 Å². The summed E-state index contributed by atoms with van der Waals surface area (Å²) in [5.41, 5.74) is 0.962. The Morgan fingerprint density at radius 3 is 2.89 bits per heavy atom. The molecule has 0 bridgehead atoms. The standard InChI is InChI=1S/C12H19N3O2S/c1-10(2)14-18(16,17)15-8-4-6-12(15)11-5-3-7-13-9-11/h3,5,7,9-10,12,14H,4,6,8H2,1-2H3. The lowest BCUT2D eigenvalue weighted by Gasteiger charge is -2.25. The third-order valence-electron chi connectivity index (χ3n) is 2.97. The molecule has 0 spiro atoms. The number of pyridine rings is 1. The van der Waals surface area contributed by atoms with Crippen molar-refractivity contribution in [1.82, 2.24) is 14.0 Å². The van der Waals surface area contributed by atoms with Crippen LogP contribution in [-0.2, 0) is 10.2 Å². The third kappa shape index (κ3) is 2.88. The summed E-state index contributed by atoms with van der Waals surface area (Å²) in [5.74, 6) is 0. The first-order valence-electron chi connectivity index (χ1n) is 6.20. The number of nitrogens with zero attached hydrogens (tertiary/aromatic N) is 2. The molecule has 0 aliphatic carbocycles. The van der Waals surface area contributed by atoms with Gasteiger partial charge in [0, 0.05) is 25.0 Å². The Morgan fingerprint density at radius 2 is 2.28 bits per heavy atom. The summed E-state index contributed by atoms with van der Waals surface area (Å²) in [7, 11) is -3.40. The van der Waals surface area contributed by atoms with Gasteiger partial charge in [-0.15, -0.1) is 0 Å². The van der Waals surface area contributed by atoms with Crippen molar-refractivity contribution < 1.29 is 8.42 Å². The molecule has 1 aromatic rings. The Morgan fingerprint density at radius 1 is 1.50 bits per heavy atom. The van der Waals surface area contributed by atoms with Crippen LogP contribution in [0.3, 0.4) is 0 Å². The second-order valence-electron chi connectivity index (χ2n) is 4.83. The molecule has 6 heteroatoms. The van der Waals surface area contributed by atoms with Crippen molar-refractivity contribution in [1.29, 1.82) is 0 Å². The zero-order valence-electron chi connectivity index (χ0n) is 10.7. The van der Waals surface area contributed by atoms with Gasteiger partial charge in [0.1, 0.15) is 0 Å². The van der Waals surface area contributed by atoms with Gasteiger partial charge >= 0.3 is 0 Å². The average molecular weight is 269 g/mol. The Hall–Kier alpha value is -0.980. The number of hydrogen-bond acceptors (Lipinski definition) is 3. The van der Waals surface area contributed by atoms with E-state index < -0.39 is 10.2 Å². The van der Waals surface area contributed by atoms with Crippen LogP contribution in [0, 0.1) is 0 Å². The minimum Gasteiger partial charge on any atom is -0.264 e. The van der Waals surface area contributed by atoms with Crippen LogP contribution in [0.4, 0.5) is 0 Å². The van der Waals surface area contributed by atoms with Crippen LogP contribution in [0.15, 0.2) is 24.5 Å². The van der Waals surface area contributed by atoms with E-state index in [4.69, 9.17) is 0 Å². The quantitative estimate of drug-likeness (QED) is 0.900. The fourth-order valence-electron chi connectivity index (χ4n) is 2.30. The highest BCUT2D eigenvalue weighted by molar-refractivity contribution is 7.87. The van der Waals surface area contributed by atoms with Gasteiger partial charge in [0.05, 0.1) is 6.04 Å². The molecule has 1 aliphatic heterocycles. The van der Waals surface area contributed by atoms with Crippen LogP contribution < -0.4 is 4.72 Å². The monoisotopic (exact) mass is 269 g/mol. The predicted octanol–water partition coefficient (Wildman–Crippen LogP) is 1.46. The molecule has 0 amide bonds. The second kappa shape index (κ2) is 5.34. The summed E-state index contributed by atoms with van der Waals surface area (Å²) < 4.78 is 28.6. The maximum Gasteiger partial charge on any atom is 0.280 e. The van der Waals surface area contributed by atoms with E-state index in [-0.39, 0.29) is 12.1 Å². The Labute approximate surface area is 108 Å². The summed E-state index contributed by atoms with van der Waals surface area (Å²) in [6.07, 6.45) is 5.18. The van der Waals surface area contributed by atoms with Crippen LogP contribution in [0.2, 0.25) is 0 Å². The summed E-state index contributed by atoms with van der Waals surface area (Å²) in [6, 6.07) is 3.59. The van der Waals surface area contributed by atoms with Crippen LogP contribution in [0.1, 0.15) is 38.3 Å². The van der Waals surface area contributed by atoms with Crippen molar-refractivity contribution in [2.24, 2.45) is 0 Å². The van der Waals surface area contributed by atoms with Gasteiger partial charge in [0.15, 0.2) is 0 Å². The summed E-state index contributed by atoms with van der Waals surface area (Å²) in [6.45, 7) is 4.22. The molecular weight excluding hydrogens is 250 g/mol. The van der Waals surface area contributed by atoms with Crippen LogP contribution in [-0.4, -0.2) is 30.3 Å². The van der Waals surface area contributed by atoms with E-state index >= 15 is 0 Å². The first kappa shape index (κ1) is 13.5. The normalized spacial score (nSPS) is 21.6. The first-order valence-corrected chi connectivity index (χ1v) is 7.64. The molecule has 1 aromatic heterocycles. The highest BCUT2D eigenvalue weighted by Gasteiger charge is 2.35. The lowest BCUT2D eigenvalue weighted by atomic mass is 10.1. The minimum absolute atomic E-state index is 0.0880. The Kier molecular flexibility index (Phi) is 3.99. The van der Waals surface area contributed by atoms with E-state index in [9.17, 15) is 8.42 Å². The molecule has 1 saturated heterocycles. The zero-order valence-corrected chi connectivity index (χ0v) is 11.5. The van der Waals surface area contributed by atoms with Crippen LogP contribution in [0.5, 0.6) is 0 Å². The van der Waals surface area contributed by atoms with E-state index in [0.29, 0.717) is 6.54 Å². The molecule has 1 unspecified atom stereocenters. The lowest BCUT2D eigenvalue weighted by molar-refractivity contribution is 0.385. The van der Waals surface area contributed by atoms with Crippen molar-refractivity contribution in [2.75, 3.05) is 6.54 Å². The lowest BCUT2D eigenvalue weighted by Crippen LogP contribution is -2.43. The smallest absolute Gasteiger partial charge is 0.264 e. The molecule has 5 nitrogen and oxygen atoms in total. The molecular formula is C12H19N3O2S. The number of nitrogens with one attached hydrogen (secondary N) is 1. The van der Waals surface area contributed by atoms with Crippen molar-refractivity contribution in [3.05, 3.63) is 30.1 Å². The molecule has 1 N–H and O–H groups in total. The third-order valence-corrected chi connectivity index (χ3v) is 4.79. The first-order chi connectivity index (χ1) is 8.50. The summed E-state index contributed by atoms with van der Waals surface area (Å²) in [5, 5.41) is 0. The SMILES string of the molecule is CC(C)NS(=O)(=O)N1CCCC1c1cccnc1. The van der Waals surface area contributed by atoms with Crippen molar-refractivity contribution in [3.8, 4) is 0 Å². The van der Waals surface area contributed by atoms with E-state index in [2.05, 4.69) is 9.71 Å². The van der Waals surface area contributed by atoms with Gasteiger partial charge < -0.3 is 0 Å². The van der Waals surface area contributed by atoms with Gasteiger partial charge in [0.25, 0.3) is 10.2 Å². The molecule has 0 aromatic carbocycles. The predicted molar refractivity (Wildman–Crippen MR) is 70.1 cm³/mol. The van der Waals surface area contributed by atoms with E-state index in [0.717, 1.165) is 18.4 Å². The van der Waals surface area contributed by atoms with Gasteiger partial charge in [-0.1, -0.05) is 6.07 Å². The zero-order chi connectivity index (χ0) is 13.2. The maximum atomic E-state index is 12.2. The maximum absolute atomic E-state index is 12.2. The average Bonchev–Trinajstić information content (AvgIpc) is 2.78. The second-order valence-corrected chi connectivity index (χ2v) is 6.49. The molecule has 2 rings (SSSR count). The summed E-state index contributed by atoms with van der Waals surface area (Å²) >= 11 is 0. The van der Waals surface area contributed by atoms with Crippen molar-refractivity contribution in [2.45, 2.75) is 38.8 Å². The van der Waals surface area contributed by atoms with Crippen LogP contribution >= 0.6 is 0 Å². The number of aromatic nitrogens is 1. The number of hydrogen-bond donors (Lipinski definition) is 1. The molecule has 1 fully saturated rings. The van der Waals surface area contributed by atoms with Gasteiger partial charge in [-0.05, 0) is 38.3 Å². The Balaban J connectivity index is 2.23. The summed E-state index contributed by atoms with van der Waals surface area (Å²) in [4.78, 5) is 4.06. The van der Waals surface area contributed by atoms with Crippen molar-refractivity contribution in [3.63, 3.8) is 0 Å². The Bertz CT molecular complexity index is 487. The largest absolute Gasteiger partial charge is 0.280 e. The van der Waals surface area contributed by atoms with Crippen LogP contribution in [0.25, 0.3) is 0 Å². The molecule has 2 heterocycles. The van der Waals surface area contributed by atoms with Gasteiger partial charge in [-0.25, -0.2) is 0 Å². The topological polar surface area (TPSA) is 62.3 Å². The molecule has 0 radical (unpaired) electrons. The minimum atomic E-state index is -3.40. The molecule has 18 heavy (non-hydrogen) atoms. The van der Waals surface area contributed by atoms with Gasteiger partial charge in [-0.2, -0.15) is 17.4 Å². The molecule has 0 saturated carbocycles.